The SMILES string of the molecule is O=C(Cl)c1ccc(F)c(F)c1Cl. The van der Waals surface area contributed by atoms with Gasteiger partial charge in [-0.25, -0.2) is 8.78 Å². The Kier molecular flexibility index (Phi) is 2.65. The van der Waals surface area contributed by atoms with E-state index in [-0.39, 0.29) is 5.56 Å². The van der Waals surface area contributed by atoms with E-state index >= 15 is 0 Å². The highest BCUT2D eigenvalue weighted by Gasteiger charge is 2.14. The van der Waals surface area contributed by atoms with Crippen molar-refractivity contribution in [2.45, 2.75) is 0 Å². The lowest BCUT2D eigenvalue weighted by Crippen LogP contribution is -1.95. The Morgan fingerprint density at radius 3 is 2.42 bits per heavy atom. The van der Waals surface area contributed by atoms with Gasteiger partial charge in [0.25, 0.3) is 5.24 Å². The zero-order chi connectivity index (χ0) is 9.30. The largest absolute Gasteiger partial charge is 0.276 e. The minimum absolute atomic E-state index is 0.239. The summed E-state index contributed by atoms with van der Waals surface area (Å²) in [6, 6.07) is 1.81. The topological polar surface area (TPSA) is 17.1 Å². The van der Waals surface area contributed by atoms with Crippen molar-refractivity contribution in [2.75, 3.05) is 0 Å². The van der Waals surface area contributed by atoms with E-state index in [9.17, 15) is 13.6 Å². The average Bonchev–Trinajstić information content (AvgIpc) is 2.00. The molecule has 0 saturated heterocycles. The highest BCUT2D eigenvalue weighted by molar-refractivity contribution is 6.68. The Bertz CT molecular complexity index is 338. The van der Waals surface area contributed by atoms with Crippen LogP contribution < -0.4 is 0 Å². The summed E-state index contributed by atoms with van der Waals surface area (Å²) in [5.74, 6) is -2.37. The third kappa shape index (κ3) is 1.57. The van der Waals surface area contributed by atoms with E-state index in [1.807, 2.05) is 0 Å². The van der Waals surface area contributed by atoms with Crippen molar-refractivity contribution >= 4 is 28.4 Å². The molecule has 1 rings (SSSR count). The van der Waals surface area contributed by atoms with Crippen molar-refractivity contribution < 1.29 is 13.6 Å². The van der Waals surface area contributed by atoms with Crippen molar-refractivity contribution in [2.24, 2.45) is 0 Å². The highest BCUT2D eigenvalue weighted by atomic mass is 35.5. The van der Waals surface area contributed by atoms with Crippen LogP contribution in [0.4, 0.5) is 8.78 Å². The molecule has 0 fully saturated rings. The Hall–Kier alpha value is -0.670. The van der Waals surface area contributed by atoms with E-state index in [0.717, 1.165) is 12.1 Å². The van der Waals surface area contributed by atoms with Crippen molar-refractivity contribution in [3.8, 4) is 0 Å². The standard InChI is InChI=1S/C7H2Cl2F2O/c8-5-3(7(9)12)1-2-4(10)6(5)11/h1-2H. The van der Waals surface area contributed by atoms with E-state index in [1.54, 1.807) is 0 Å². The maximum Gasteiger partial charge on any atom is 0.254 e. The first-order valence-electron chi connectivity index (χ1n) is 2.87. The summed E-state index contributed by atoms with van der Waals surface area (Å²) in [5, 5.41) is -1.51. The van der Waals surface area contributed by atoms with Gasteiger partial charge in [0.15, 0.2) is 11.6 Å². The van der Waals surface area contributed by atoms with Gasteiger partial charge in [0.2, 0.25) is 0 Å². The molecule has 0 aliphatic heterocycles. The van der Waals surface area contributed by atoms with Gasteiger partial charge in [-0.3, -0.25) is 4.79 Å². The minimum Gasteiger partial charge on any atom is -0.276 e. The molecule has 1 aromatic carbocycles. The van der Waals surface area contributed by atoms with E-state index < -0.39 is 21.9 Å². The molecule has 64 valence electrons. The number of rotatable bonds is 1. The van der Waals surface area contributed by atoms with Crippen molar-refractivity contribution in [1.29, 1.82) is 0 Å². The van der Waals surface area contributed by atoms with Crippen LogP contribution in [-0.4, -0.2) is 5.24 Å². The van der Waals surface area contributed by atoms with E-state index in [0.29, 0.717) is 0 Å². The number of benzene rings is 1. The molecule has 12 heavy (non-hydrogen) atoms. The van der Waals surface area contributed by atoms with Crippen LogP contribution in [0.25, 0.3) is 0 Å². The van der Waals surface area contributed by atoms with Gasteiger partial charge in [-0.05, 0) is 23.7 Å². The van der Waals surface area contributed by atoms with Crippen LogP contribution in [-0.2, 0) is 0 Å². The third-order valence-corrected chi connectivity index (χ3v) is 1.82. The van der Waals surface area contributed by atoms with Gasteiger partial charge in [-0.2, -0.15) is 0 Å². The first kappa shape index (κ1) is 9.42. The van der Waals surface area contributed by atoms with Gasteiger partial charge in [0.1, 0.15) is 0 Å². The summed E-state index contributed by atoms with van der Waals surface area (Å²) < 4.78 is 25.0. The van der Waals surface area contributed by atoms with Gasteiger partial charge in [0, 0.05) is 0 Å². The molecule has 1 nitrogen and oxygen atoms in total. The first-order valence-corrected chi connectivity index (χ1v) is 3.63. The van der Waals surface area contributed by atoms with Crippen LogP contribution >= 0.6 is 23.2 Å². The zero-order valence-electron chi connectivity index (χ0n) is 5.57. The monoisotopic (exact) mass is 210 g/mol. The van der Waals surface area contributed by atoms with Crippen LogP contribution in [0.15, 0.2) is 12.1 Å². The molecule has 0 aliphatic rings. The summed E-state index contributed by atoms with van der Waals surface area (Å²) in [6.45, 7) is 0. The van der Waals surface area contributed by atoms with Crippen LogP contribution in [0, 0.1) is 11.6 Å². The fourth-order valence-corrected chi connectivity index (χ4v) is 1.12. The molecule has 0 unspecified atom stereocenters. The summed E-state index contributed by atoms with van der Waals surface area (Å²) in [7, 11) is 0. The van der Waals surface area contributed by atoms with Crippen LogP contribution in [0.1, 0.15) is 10.4 Å². The second-order valence-corrected chi connectivity index (χ2v) is 2.72. The van der Waals surface area contributed by atoms with E-state index in [2.05, 4.69) is 0 Å². The van der Waals surface area contributed by atoms with Gasteiger partial charge in [-0.15, -0.1) is 0 Å². The average molecular weight is 211 g/mol. The number of hydrogen-bond acceptors (Lipinski definition) is 1. The van der Waals surface area contributed by atoms with Gasteiger partial charge < -0.3 is 0 Å². The second kappa shape index (κ2) is 3.37. The third-order valence-electron chi connectivity index (χ3n) is 1.25. The van der Waals surface area contributed by atoms with Crippen molar-refractivity contribution in [3.05, 3.63) is 34.4 Å². The molecule has 0 heterocycles. The van der Waals surface area contributed by atoms with Crippen LogP contribution in [0.5, 0.6) is 0 Å². The molecule has 0 radical (unpaired) electrons. The fourth-order valence-electron chi connectivity index (χ4n) is 0.678. The molecule has 0 bridgehead atoms. The molecule has 5 heteroatoms. The van der Waals surface area contributed by atoms with Crippen molar-refractivity contribution in [3.63, 3.8) is 0 Å². The van der Waals surface area contributed by atoms with Crippen LogP contribution in [0.3, 0.4) is 0 Å². The van der Waals surface area contributed by atoms with Gasteiger partial charge >= 0.3 is 0 Å². The quantitative estimate of drug-likeness (QED) is 0.515. The Morgan fingerprint density at radius 1 is 1.33 bits per heavy atom. The molecule has 0 aromatic heterocycles. The lowest BCUT2D eigenvalue weighted by molar-refractivity contribution is 0.108. The predicted molar refractivity (Wildman–Crippen MR) is 41.6 cm³/mol. The second-order valence-electron chi connectivity index (χ2n) is 2.00. The first-order chi connectivity index (χ1) is 5.54. The molecule has 0 amide bonds. The predicted octanol–water partition coefficient (Wildman–Crippen LogP) is 3.00. The smallest absolute Gasteiger partial charge is 0.254 e. The maximum absolute atomic E-state index is 12.6. The molecular formula is C7H2Cl2F2O. The lowest BCUT2D eigenvalue weighted by atomic mass is 10.2. The number of carbonyl (C=O) groups excluding carboxylic acids is 1. The molecule has 0 aliphatic carbocycles. The van der Waals surface area contributed by atoms with E-state index in [4.69, 9.17) is 23.2 Å². The fraction of sp³-hybridized carbons (Fsp3) is 0. The molecular weight excluding hydrogens is 209 g/mol. The maximum atomic E-state index is 12.6. The van der Waals surface area contributed by atoms with Gasteiger partial charge in [0.05, 0.1) is 10.6 Å². The molecule has 0 saturated carbocycles. The summed E-state index contributed by atoms with van der Waals surface area (Å²) >= 11 is 10.3. The molecule has 0 atom stereocenters. The summed E-state index contributed by atoms with van der Waals surface area (Å²) in [6.07, 6.45) is 0. The summed E-state index contributed by atoms with van der Waals surface area (Å²) in [4.78, 5) is 10.5. The zero-order valence-corrected chi connectivity index (χ0v) is 7.09. The normalized spacial score (nSPS) is 10.0. The summed E-state index contributed by atoms with van der Waals surface area (Å²) in [5.41, 5.74) is -0.239. The number of halogens is 4. The molecule has 1 aromatic rings. The van der Waals surface area contributed by atoms with Crippen LogP contribution in [0.2, 0.25) is 5.02 Å². The van der Waals surface area contributed by atoms with Gasteiger partial charge in [-0.1, -0.05) is 11.6 Å². The Labute approximate surface area is 76.9 Å². The highest BCUT2D eigenvalue weighted by Crippen LogP contribution is 2.23. The minimum atomic E-state index is -1.26. The Morgan fingerprint density at radius 2 is 1.92 bits per heavy atom. The molecule has 0 N–H and O–H groups in total. The van der Waals surface area contributed by atoms with E-state index in [1.165, 1.54) is 0 Å². The number of hydrogen-bond donors (Lipinski definition) is 0. The molecule has 0 spiro atoms. The van der Waals surface area contributed by atoms with Crippen molar-refractivity contribution in [1.82, 2.24) is 0 Å². The Balaban J connectivity index is 3.36. The lowest BCUT2D eigenvalue weighted by Gasteiger charge is -1.99. The number of carbonyl (C=O) groups is 1.